The molecule has 0 atom stereocenters. The average Bonchev–Trinajstić information content (AvgIpc) is 2.69. The molecule has 0 amide bonds. The smallest absolute Gasteiger partial charge is 0.280 e. The topological polar surface area (TPSA) is 95.5 Å². The summed E-state index contributed by atoms with van der Waals surface area (Å²) in [5.74, 6) is 1.75. The fourth-order valence-corrected chi connectivity index (χ4v) is 3.34. The molecule has 0 fully saturated rings. The van der Waals surface area contributed by atoms with Gasteiger partial charge < -0.3 is 18.9 Å². The fourth-order valence-electron chi connectivity index (χ4n) is 2.36. The largest absolute Gasteiger partial charge is 0.497 e. The molecule has 2 aromatic carbocycles. The van der Waals surface area contributed by atoms with Crippen molar-refractivity contribution >= 4 is 16.2 Å². The van der Waals surface area contributed by atoms with Crippen molar-refractivity contribution in [1.29, 1.82) is 0 Å². The zero-order valence-electron chi connectivity index (χ0n) is 16.3. The third-order valence-electron chi connectivity index (χ3n) is 3.61. The minimum Gasteiger partial charge on any atom is -0.497 e. The minimum absolute atomic E-state index is 0.0757. The molecule has 2 rings (SSSR count). The Balaban J connectivity index is 2.23. The first-order chi connectivity index (χ1) is 13.4. The second-order valence-electron chi connectivity index (χ2n) is 5.44. The molecule has 0 aliphatic heterocycles. The molecule has 0 saturated heterocycles. The van der Waals surface area contributed by atoms with E-state index in [1.807, 2.05) is 13.8 Å². The Hall–Kier alpha value is -2.94. The van der Waals surface area contributed by atoms with Gasteiger partial charge in [-0.3, -0.25) is 0 Å². The van der Waals surface area contributed by atoms with Gasteiger partial charge in [0.2, 0.25) is 0 Å². The van der Waals surface area contributed by atoms with Gasteiger partial charge in [0.1, 0.15) is 16.4 Å². The quantitative estimate of drug-likeness (QED) is 0.480. The zero-order valence-corrected chi connectivity index (χ0v) is 17.1. The maximum Gasteiger partial charge on any atom is 0.280 e. The normalized spacial score (nSPS) is 11.3. The van der Waals surface area contributed by atoms with E-state index in [0.29, 0.717) is 36.0 Å². The highest BCUT2D eigenvalue weighted by Crippen LogP contribution is 2.29. The number of ether oxygens (including phenoxy) is 4. The van der Waals surface area contributed by atoms with Crippen LogP contribution in [0, 0.1) is 0 Å². The maximum absolute atomic E-state index is 12.6. The van der Waals surface area contributed by atoms with Crippen molar-refractivity contribution in [2.75, 3.05) is 27.4 Å². The van der Waals surface area contributed by atoms with E-state index < -0.39 is 10.0 Å². The van der Waals surface area contributed by atoms with E-state index in [-0.39, 0.29) is 10.6 Å². The van der Waals surface area contributed by atoms with E-state index in [1.54, 1.807) is 24.3 Å². The number of nitrogens with zero attached hydrogens (tertiary/aromatic N) is 1. The van der Waals surface area contributed by atoms with E-state index in [9.17, 15) is 8.42 Å². The highest BCUT2D eigenvalue weighted by atomic mass is 32.2. The second kappa shape index (κ2) is 9.84. The van der Waals surface area contributed by atoms with E-state index in [0.717, 1.165) is 0 Å². The summed E-state index contributed by atoms with van der Waals surface area (Å²) in [6.07, 6.45) is 1.38. The molecule has 9 heteroatoms. The van der Waals surface area contributed by atoms with Crippen LogP contribution in [0.15, 0.2) is 46.4 Å². The van der Waals surface area contributed by atoms with Crippen LogP contribution in [0.25, 0.3) is 0 Å². The number of hydrazone groups is 1. The lowest BCUT2D eigenvalue weighted by Crippen LogP contribution is -2.19. The van der Waals surface area contributed by atoms with Crippen LogP contribution in [-0.4, -0.2) is 42.1 Å². The van der Waals surface area contributed by atoms with Crippen LogP contribution >= 0.6 is 0 Å². The molecule has 0 aromatic heterocycles. The number of hydrogen-bond donors (Lipinski definition) is 1. The summed E-state index contributed by atoms with van der Waals surface area (Å²) in [6, 6.07) is 9.69. The van der Waals surface area contributed by atoms with E-state index >= 15 is 0 Å². The fraction of sp³-hybridized carbons (Fsp3) is 0.316. The molecule has 0 saturated carbocycles. The third-order valence-corrected chi connectivity index (χ3v) is 4.86. The summed E-state index contributed by atoms with van der Waals surface area (Å²) in [6.45, 7) is 4.73. The van der Waals surface area contributed by atoms with E-state index in [2.05, 4.69) is 9.93 Å². The molecule has 8 nitrogen and oxygen atoms in total. The van der Waals surface area contributed by atoms with Crippen LogP contribution in [0.3, 0.4) is 0 Å². The number of rotatable bonds is 10. The number of nitrogens with one attached hydrogen (secondary N) is 1. The van der Waals surface area contributed by atoms with Gasteiger partial charge in [-0.25, -0.2) is 0 Å². The second-order valence-corrected chi connectivity index (χ2v) is 7.07. The standard InChI is InChI=1S/C19H24N2O6S/c1-5-26-16-9-7-14(11-18(16)27-6-2)13-20-21-28(22,23)19-12-15(24-3)8-10-17(19)25-4/h7-13,21H,5-6H2,1-4H3/b20-13+. The van der Waals surface area contributed by atoms with Gasteiger partial charge in [0.25, 0.3) is 10.0 Å². The molecular formula is C19H24N2O6S. The molecule has 1 N–H and O–H groups in total. The van der Waals surface area contributed by atoms with E-state index in [4.69, 9.17) is 18.9 Å². The van der Waals surface area contributed by atoms with Gasteiger partial charge in [-0.2, -0.15) is 18.4 Å². The number of hydrogen-bond acceptors (Lipinski definition) is 7. The number of methoxy groups -OCH3 is 2. The van der Waals surface area contributed by atoms with Crippen LogP contribution in [0.2, 0.25) is 0 Å². The SMILES string of the molecule is CCOc1ccc(/C=N/NS(=O)(=O)c2cc(OC)ccc2OC)cc1OCC. The molecule has 0 heterocycles. The van der Waals surface area contributed by atoms with Gasteiger partial charge in [0, 0.05) is 6.07 Å². The third kappa shape index (κ3) is 5.29. The molecule has 2 aromatic rings. The summed E-state index contributed by atoms with van der Waals surface area (Å²) in [5.41, 5.74) is 0.646. The highest BCUT2D eigenvalue weighted by molar-refractivity contribution is 7.89. The lowest BCUT2D eigenvalue weighted by molar-refractivity contribution is 0.288. The van der Waals surface area contributed by atoms with Crippen LogP contribution in [0.5, 0.6) is 23.0 Å². The Morgan fingerprint density at radius 3 is 2.25 bits per heavy atom. The summed E-state index contributed by atoms with van der Waals surface area (Å²) < 4.78 is 46.4. The highest BCUT2D eigenvalue weighted by Gasteiger charge is 2.20. The van der Waals surface area contributed by atoms with Crippen molar-refractivity contribution in [3.05, 3.63) is 42.0 Å². The Kier molecular flexibility index (Phi) is 7.51. The van der Waals surface area contributed by atoms with Crippen molar-refractivity contribution < 1.29 is 27.4 Å². The summed E-state index contributed by atoms with van der Waals surface area (Å²) >= 11 is 0. The molecule has 0 aliphatic carbocycles. The van der Waals surface area contributed by atoms with E-state index in [1.165, 1.54) is 32.6 Å². The Labute approximate surface area is 165 Å². The summed E-state index contributed by atoms with van der Waals surface area (Å²) in [4.78, 5) is 2.10. The van der Waals surface area contributed by atoms with Crippen LogP contribution in [0.1, 0.15) is 19.4 Å². The predicted octanol–water partition coefficient (Wildman–Crippen LogP) is 2.81. The lowest BCUT2D eigenvalue weighted by atomic mass is 10.2. The minimum atomic E-state index is -3.95. The van der Waals surface area contributed by atoms with Gasteiger partial charge in [-0.05, 0) is 49.7 Å². The average molecular weight is 408 g/mol. The first-order valence-corrected chi connectivity index (χ1v) is 10.1. The molecular weight excluding hydrogens is 384 g/mol. The van der Waals surface area contributed by atoms with Gasteiger partial charge in [0.15, 0.2) is 11.5 Å². The Morgan fingerprint density at radius 2 is 1.61 bits per heavy atom. The maximum atomic E-state index is 12.6. The van der Waals surface area contributed by atoms with Gasteiger partial charge in [-0.1, -0.05) is 0 Å². The Morgan fingerprint density at radius 1 is 0.929 bits per heavy atom. The monoisotopic (exact) mass is 408 g/mol. The summed E-state index contributed by atoms with van der Waals surface area (Å²) in [5, 5.41) is 3.84. The van der Waals surface area contributed by atoms with Crippen molar-refractivity contribution in [1.82, 2.24) is 4.83 Å². The van der Waals surface area contributed by atoms with Crippen molar-refractivity contribution in [2.45, 2.75) is 18.7 Å². The number of sulfonamides is 1. The molecule has 0 unspecified atom stereocenters. The molecule has 0 bridgehead atoms. The van der Waals surface area contributed by atoms with Gasteiger partial charge >= 0.3 is 0 Å². The molecule has 0 aliphatic rings. The zero-order chi connectivity index (χ0) is 20.6. The first kappa shape index (κ1) is 21.4. The molecule has 152 valence electrons. The van der Waals surface area contributed by atoms with Crippen molar-refractivity contribution in [3.8, 4) is 23.0 Å². The van der Waals surface area contributed by atoms with Gasteiger partial charge in [-0.15, -0.1) is 0 Å². The molecule has 28 heavy (non-hydrogen) atoms. The Bertz CT molecular complexity index is 928. The number of benzene rings is 2. The van der Waals surface area contributed by atoms with Crippen molar-refractivity contribution in [3.63, 3.8) is 0 Å². The van der Waals surface area contributed by atoms with Crippen LogP contribution < -0.4 is 23.8 Å². The first-order valence-electron chi connectivity index (χ1n) is 8.61. The predicted molar refractivity (Wildman–Crippen MR) is 106 cm³/mol. The summed E-state index contributed by atoms with van der Waals surface area (Å²) in [7, 11) is -1.11. The van der Waals surface area contributed by atoms with Crippen LogP contribution in [0.4, 0.5) is 0 Å². The molecule has 0 spiro atoms. The van der Waals surface area contributed by atoms with Gasteiger partial charge in [0.05, 0.1) is 33.6 Å². The van der Waals surface area contributed by atoms with Crippen LogP contribution in [-0.2, 0) is 10.0 Å². The molecule has 0 radical (unpaired) electrons. The van der Waals surface area contributed by atoms with Crippen molar-refractivity contribution in [2.24, 2.45) is 5.10 Å². The lowest BCUT2D eigenvalue weighted by Gasteiger charge is -2.11.